The largest absolute Gasteiger partial charge is 0.469 e. The van der Waals surface area contributed by atoms with E-state index in [1.165, 1.54) is 32.8 Å². The van der Waals surface area contributed by atoms with Crippen molar-refractivity contribution >= 4 is 5.97 Å². The summed E-state index contributed by atoms with van der Waals surface area (Å²) in [6.07, 6.45) is 6.78. The number of hydrogen-bond acceptors (Lipinski definition) is 3. The molecule has 0 heterocycles. The first-order valence-electron chi connectivity index (χ1n) is 6.97. The van der Waals surface area contributed by atoms with Crippen molar-refractivity contribution in [1.29, 1.82) is 0 Å². The predicted molar refractivity (Wildman–Crippen MR) is 69.8 cm³/mol. The van der Waals surface area contributed by atoms with E-state index in [1.54, 1.807) is 0 Å². The van der Waals surface area contributed by atoms with E-state index >= 15 is 0 Å². The van der Waals surface area contributed by atoms with Crippen LogP contribution in [0.1, 0.15) is 52.4 Å². The predicted octanol–water partition coefficient (Wildman–Crippen LogP) is 2.74. The minimum absolute atomic E-state index is 0.0863. The van der Waals surface area contributed by atoms with Gasteiger partial charge in [-0.05, 0) is 37.6 Å². The Labute approximate surface area is 105 Å². The first-order valence-corrected chi connectivity index (χ1v) is 6.97. The van der Waals surface area contributed by atoms with Crippen LogP contribution in [-0.2, 0) is 9.53 Å². The fourth-order valence-corrected chi connectivity index (χ4v) is 2.84. The number of hydrogen-bond donors (Lipinski definition) is 1. The van der Waals surface area contributed by atoms with Crippen molar-refractivity contribution < 1.29 is 9.53 Å². The van der Waals surface area contributed by atoms with E-state index in [0.717, 1.165) is 18.9 Å². The molecule has 0 aromatic rings. The van der Waals surface area contributed by atoms with Gasteiger partial charge in [0.1, 0.15) is 0 Å². The molecule has 100 valence electrons. The molecule has 3 nitrogen and oxygen atoms in total. The van der Waals surface area contributed by atoms with Crippen LogP contribution in [0.4, 0.5) is 0 Å². The van der Waals surface area contributed by atoms with Gasteiger partial charge in [-0.1, -0.05) is 26.7 Å². The second-order valence-electron chi connectivity index (χ2n) is 5.37. The van der Waals surface area contributed by atoms with Gasteiger partial charge >= 0.3 is 5.97 Å². The molecule has 3 heteroatoms. The van der Waals surface area contributed by atoms with Gasteiger partial charge in [0.15, 0.2) is 0 Å². The number of carbonyl (C=O) groups excluding carboxylic acids is 1. The van der Waals surface area contributed by atoms with E-state index < -0.39 is 0 Å². The number of ether oxygens (including phenoxy) is 1. The van der Waals surface area contributed by atoms with Gasteiger partial charge in [0.2, 0.25) is 0 Å². The fourth-order valence-electron chi connectivity index (χ4n) is 2.84. The second-order valence-corrected chi connectivity index (χ2v) is 5.37. The van der Waals surface area contributed by atoms with Crippen molar-refractivity contribution in [2.75, 3.05) is 13.7 Å². The van der Waals surface area contributed by atoms with Gasteiger partial charge in [0.05, 0.1) is 13.5 Å². The standard InChI is InChI=1S/C14H27NO2/c1-4-8-15-13(10-14(16)17-3)12-7-5-6-11(2)9-12/h11-13,15H,4-10H2,1-3H3. The van der Waals surface area contributed by atoms with Crippen LogP contribution in [-0.4, -0.2) is 25.7 Å². The zero-order chi connectivity index (χ0) is 12.7. The second kappa shape index (κ2) is 7.70. The summed E-state index contributed by atoms with van der Waals surface area (Å²) in [6.45, 7) is 5.47. The molecule has 3 atom stereocenters. The monoisotopic (exact) mass is 241 g/mol. The summed E-state index contributed by atoms with van der Waals surface area (Å²) < 4.78 is 4.80. The molecule has 0 aromatic heterocycles. The fraction of sp³-hybridized carbons (Fsp3) is 0.929. The minimum Gasteiger partial charge on any atom is -0.469 e. The summed E-state index contributed by atoms with van der Waals surface area (Å²) in [5.74, 6) is 1.36. The molecule has 3 unspecified atom stereocenters. The molecule has 0 amide bonds. The number of esters is 1. The molecule has 1 aliphatic carbocycles. The highest BCUT2D eigenvalue weighted by atomic mass is 16.5. The Balaban J connectivity index is 2.50. The van der Waals surface area contributed by atoms with Gasteiger partial charge in [-0.15, -0.1) is 0 Å². The van der Waals surface area contributed by atoms with Gasteiger partial charge in [0.25, 0.3) is 0 Å². The number of nitrogens with one attached hydrogen (secondary N) is 1. The highest BCUT2D eigenvalue weighted by Gasteiger charge is 2.28. The van der Waals surface area contributed by atoms with Crippen LogP contribution < -0.4 is 5.32 Å². The Hall–Kier alpha value is -0.570. The highest BCUT2D eigenvalue weighted by Crippen LogP contribution is 2.31. The summed E-state index contributed by atoms with van der Waals surface area (Å²) >= 11 is 0. The highest BCUT2D eigenvalue weighted by molar-refractivity contribution is 5.69. The maximum absolute atomic E-state index is 11.4. The van der Waals surface area contributed by atoms with Crippen LogP contribution in [0, 0.1) is 11.8 Å². The van der Waals surface area contributed by atoms with Crippen LogP contribution in [0.25, 0.3) is 0 Å². The van der Waals surface area contributed by atoms with Gasteiger partial charge in [-0.25, -0.2) is 0 Å². The molecule has 1 rings (SSSR count). The lowest BCUT2D eigenvalue weighted by Crippen LogP contribution is -2.40. The third-order valence-electron chi connectivity index (χ3n) is 3.82. The Morgan fingerprint density at radius 1 is 1.47 bits per heavy atom. The van der Waals surface area contributed by atoms with E-state index in [0.29, 0.717) is 18.4 Å². The van der Waals surface area contributed by atoms with E-state index in [9.17, 15) is 4.79 Å². The third-order valence-corrected chi connectivity index (χ3v) is 3.82. The maximum atomic E-state index is 11.4. The van der Waals surface area contributed by atoms with Crippen LogP contribution in [0.2, 0.25) is 0 Å². The summed E-state index contributed by atoms with van der Waals surface area (Å²) in [5, 5.41) is 3.52. The quantitative estimate of drug-likeness (QED) is 0.727. The summed E-state index contributed by atoms with van der Waals surface area (Å²) in [6, 6.07) is 0.310. The average Bonchev–Trinajstić information content (AvgIpc) is 2.34. The first kappa shape index (κ1) is 14.5. The van der Waals surface area contributed by atoms with Gasteiger partial charge in [0, 0.05) is 6.04 Å². The molecular formula is C14H27NO2. The molecule has 1 aliphatic rings. The zero-order valence-corrected chi connectivity index (χ0v) is 11.5. The number of rotatable bonds is 6. The first-order chi connectivity index (χ1) is 8.17. The Bertz CT molecular complexity index is 230. The molecule has 0 aliphatic heterocycles. The lowest BCUT2D eigenvalue weighted by Gasteiger charge is -2.33. The van der Waals surface area contributed by atoms with Gasteiger partial charge < -0.3 is 10.1 Å². The van der Waals surface area contributed by atoms with Crippen molar-refractivity contribution in [2.24, 2.45) is 11.8 Å². The third kappa shape index (κ3) is 5.07. The summed E-state index contributed by atoms with van der Waals surface area (Å²) in [7, 11) is 1.47. The van der Waals surface area contributed by atoms with Crippen LogP contribution >= 0.6 is 0 Å². The van der Waals surface area contributed by atoms with Crippen molar-refractivity contribution in [3.8, 4) is 0 Å². The maximum Gasteiger partial charge on any atom is 0.307 e. The van der Waals surface area contributed by atoms with Crippen molar-refractivity contribution in [2.45, 2.75) is 58.4 Å². The SMILES string of the molecule is CCCNC(CC(=O)OC)C1CCCC(C)C1. The average molecular weight is 241 g/mol. The molecule has 0 saturated heterocycles. The molecular weight excluding hydrogens is 214 g/mol. The van der Waals surface area contributed by atoms with E-state index in [1.807, 2.05) is 0 Å². The van der Waals surface area contributed by atoms with Crippen LogP contribution in [0.5, 0.6) is 0 Å². The molecule has 1 N–H and O–H groups in total. The van der Waals surface area contributed by atoms with E-state index in [2.05, 4.69) is 19.2 Å². The topological polar surface area (TPSA) is 38.3 Å². The normalized spacial score (nSPS) is 26.5. The molecule has 1 saturated carbocycles. The van der Waals surface area contributed by atoms with Crippen molar-refractivity contribution in [3.63, 3.8) is 0 Å². The zero-order valence-electron chi connectivity index (χ0n) is 11.5. The Morgan fingerprint density at radius 3 is 2.82 bits per heavy atom. The molecule has 1 fully saturated rings. The Kier molecular flexibility index (Phi) is 6.56. The molecule has 0 spiro atoms. The lowest BCUT2D eigenvalue weighted by atomic mass is 9.77. The summed E-state index contributed by atoms with van der Waals surface area (Å²) in [4.78, 5) is 11.4. The number of methoxy groups -OCH3 is 1. The smallest absolute Gasteiger partial charge is 0.307 e. The van der Waals surface area contributed by atoms with Crippen molar-refractivity contribution in [3.05, 3.63) is 0 Å². The molecule has 0 aromatic carbocycles. The summed E-state index contributed by atoms with van der Waals surface area (Å²) in [5.41, 5.74) is 0. The lowest BCUT2D eigenvalue weighted by molar-refractivity contribution is -0.141. The van der Waals surface area contributed by atoms with E-state index in [-0.39, 0.29) is 5.97 Å². The molecule has 0 radical (unpaired) electrons. The Morgan fingerprint density at radius 2 is 2.24 bits per heavy atom. The van der Waals surface area contributed by atoms with Gasteiger partial charge in [-0.2, -0.15) is 0 Å². The molecule has 0 bridgehead atoms. The van der Waals surface area contributed by atoms with Gasteiger partial charge in [-0.3, -0.25) is 4.79 Å². The van der Waals surface area contributed by atoms with Crippen LogP contribution in [0.15, 0.2) is 0 Å². The van der Waals surface area contributed by atoms with Crippen molar-refractivity contribution in [1.82, 2.24) is 5.32 Å². The molecule has 17 heavy (non-hydrogen) atoms. The minimum atomic E-state index is -0.0863. The number of carbonyl (C=O) groups is 1. The van der Waals surface area contributed by atoms with E-state index in [4.69, 9.17) is 4.74 Å². The van der Waals surface area contributed by atoms with Crippen LogP contribution in [0.3, 0.4) is 0 Å².